The van der Waals surface area contributed by atoms with E-state index < -0.39 is 0 Å². The van der Waals surface area contributed by atoms with E-state index in [-0.39, 0.29) is 17.2 Å². The van der Waals surface area contributed by atoms with Gasteiger partial charge in [-0.1, -0.05) is 6.07 Å². The first-order valence-corrected chi connectivity index (χ1v) is 7.81. The molecule has 1 N–H and O–H groups in total. The van der Waals surface area contributed by atoms with Gasteiger partial charge < -0.3 is 0 Å². The summed E-state index contributed by atoms with van der Waals surface area (Å²) in [4.78, 5) is 30.2. The molecule has 0 spiro atoms. The predicted octanol–water partition coefficient (Wildman–Crippen LogP) is 2.14. The van der Waals surface area contributed by atoms with Crippen LogP contribution in [0.1, 0.15) is 27.2 Å². The van der Waals surface area contributed by atoms with Gasteiger partial charge in [0.05, 0.1) is 5.52 Å². The molecule has 0 aliphatic carbocycles. The van der Waals surface area contributed by atoms with E-state index in [9.17, 15) is 9.59 Å². The van der Waals surface area contributed by atoms with Gasteiger partial charge in [-0.15, -0.1) is 0 Å². The van der Waals surface area contributed by atoms with Crippen LogP contribution in [-0.2, 0) is 6.42 Å². The highest BCUT2D eigenvalue weighted by molar-refractivity contribution is 6.06. The smallest absolute Gasteiger partial charge is 0.279 e. The molecule has 0 unspecified atom stereocenters. The van der Waals surface area contributed by atoms with Crippen molar-refractivity contribution in [2.24, 2.45) is 0 Å². The Labute approximate surface area is 138 Å². The highest BCUT2D eigenvalue weighted by Gasteiger charge is 2.28. The zero-order valence-electron chi connectivity index (χ0n) is 13.5. The van der Waals surface area contributed by atoms with Crippen LogP contribution >= 0.6 is 0 Å². The van der Waals surface area contributed by atoms with Gasteiger partial charge in [0, 0.05) is 18.0 Å². The molecular formula is C18H16N4O2. The van der Waals surface area contributed by atoms with Gasteiger partial charge in [0.25, 0.3) is 11.5 Å². The fourth-order valence-corrected chi connectivity index (χ4v) is 3.22. The number of rotatable bonds is 1. The Balaban J connectivity index is 1.80. The van der Waals surface area contributed by atoms with Crippen LogP contribution in [0.5, 0.6) is 0 Å². The number of aryl methyl sites for hydroxylation is 2. The van der Waals surface area contributed by atoms with Gasteiger partial charge in [-0.25, -0.2) is 10.1 Å². The number of nitrogens with one attached hydrogen (secondary N) is 1. The quantitative estimate of drug-likeness (QED) is 0.745. The number of fused-ring (bicyclic) bond motifs is 2. The zero-order chi connectivity index (χ0) is 16.8. The largest absolute Gasteiger partial charge is 0.291 e. The zero-order valence-corrected chi connectivity index (χ0v) is 13.5. The van der Waals surface area contributed by atoms with Crippen molar-refractivity contribution in [3.8, 4) is 0 Å². The molecule has 0 saturated heterocycles. The van der Waals surface area contributed by atoms with E-state index in [1.54, 1.807) is 4.90 Å². The van der Waals surface area contributed by atoms with E-state index in [0.717, 1.165) is 28.5 Å². The first kappa shape index (κ1) is 14.6. The molecule has 2 aromatic heterocycles. The number of nitrogens with zero attached hydrogens (tertiary/aromatic N) is 3. The lowest BCUT2D eigenvalue weighted by molar-refractivity contribution is 0.0983. The molecule has 0 saturated carbocycles. The number of anilines is 1. The average Bonchev–Trinajstić information content (AvgIpc) is 2.96. The molecule has 0 atom stereocenters. The summed E-state index contributed by atoms with van der Waals surface area (Å²) >= 11 is 0. The van der Waals surface area contributed by atoms with E-state index in [0.29, 0.717) is 12.4 Å². The molecule has 3 aromatic rings. The van der Waals surface area contributed by atoms with Crippen LogP contribution in [0.3, 0.4) is 0 Å². The van der Waals surface area contributed by atoms with E-state index in [2.05, 4.69) is 29.3 Å². The maximum Gasteiger partial charge on any atom is 0.279 e. The number of carbonyl (C=O) groups is 1. The van der Waals surface area contributed by atoms with Crippen molar-refractivity contribution in [3.63, 3.8) is 0 Å². The molecule has 0 fully saturated rings. The van der Waals surface area contributed by atoms with Gasteiger partial charge in [-0.05, 0) is 55.2 Å². The summed E-state index contributed by atoms with van der Waals surface area (Å²) in [6, 6.07) is 9.03. The number of pyridine rings is 1. The Bertz CT molecular complexity index is 1020. The van der Waals surface area contributed by atoms with Crippen molar-refractivity contribution in [1.82, 2.24) is 15.2 Å². The number of aromatic amines is 1. The van der Waals surface area contributed by atoms with Crippen LogP contribution in [0.4, 0.5) is 5.82 Å². The van der Waals surface area contributed by atoms with Gasteiger partial charge in [0.1, 0.15) is 11.5 Å². The summed E-state index contributed by atoms with van der Waals surface area (Å²) in [6.45, 7) is 4.68. The number of carbonyl (C=O) groups excluding carboxylic acids is 1. The highest BCUT2D eigenvalue weighted by atomic mass is 16.2. The SMILES string of the molecule is Cc1cc(C)c2cc3c(nc2c1)N(C(=O)c1ccc(=O)[nH]n1)CC3. The second kappa shape index (κ2) is 5.26. The molecule has 6 heteroatoms. The number of hydrogen-bond donors (Lipinski definition) is 1. The summed E-state index contributed by atoms with van der Waals surface area (Å²) in [5.74, 6) is 0.437. The molecule has 0 bridgehead atoms. The van der Waals surface area contributed by atoms with E-state index in [1.807, 2.05) is 13.0 Å². The van der Waals surface area contributed by atoms with Crippen molar-refractivity contribution in [2.45, 2.75) is 20.3 Å². The Morgan fingerprint density at radius 2 is 2.04 bits per heavy atom. The Kier molecular flexibility index (Phi) is 3.19. The Hall–Kier alpha value is -3.02. The molecule has 3 heterocycles. The summed E-state index contributed by atoms with van der Waals surface area (Å²) in [7, 11) is 0. The van der Waals surface area contributed by atoms with E-state index in [4.69, 9.17) is 4.98 Å². The standard InChI is InChI=1S/C18H16N4O2/c1-10-7-11(2)13-9-12-5-6-22(17(12)19-15(13)8-10)18(24)14-3-4-16(23)21-20-14/h3-4,7-9H,5-6H2,1-2H3,(H,21,23). The van der Waals surface area contributed by atoms with Crippen LogP contribution in [0.2, 0.25) is 0 Å². The summed E-state index contributed by atoms with van der Waals surface area (Å²) in [5, 5.41) is 7.25. The first-order chi connectivity index (χ1) is 11.5. The van der Waals surface area contributed by atoms with Crippen LogP contribution in [0.15, 0.2) is 35.1 Å². The number of benzene rings is 1. The molecule has 1 aromatic carbocycles. The fraction of sp³-hybridized carbons (Fsp3) is 0.222. The molecule has 1 amide bonds. The topological polar surface area (TPSA) is 79.0 Å². The lowest BCUT2D eigenvalue weighted by atomic mass is 10.0. The van der Waals surface area contributed by atoms with Crippen LogP contribution in [0, 0.1) is 13.8 Å². The van der Waals surface area contributed by atoms with Crippen molar-refractivity contribution < 1.29 is 4.79 Å². The summed E-state index contributed by atoms with van der Waals surface area (Å²) in [6.07, 6.45) is 0.765. The van der Waals surface area contributed by atoms with Crippen LogP contribution in [0.25, 0.3) is 10.9 Å². The molecule has 120 valence electrons. The minimum atomic E-state index is -0.330. The third-order valence-corrected chi connectivity index (χ3v) is 4.35. The third kappa shape index (κ3) is 2.27. The van der Waals surface area contributed by atoms with Gasteiger partial charge >= 0.3 is 0 Å². The van der Waals surface area contributed by atoms with Crippen LogP contribution in [-0.4, -0.2) is 27.6 Å². The summed E-state index contributed by atoms with van der Waals surface area (Å²) in [5.41, 5.74) is 4.17. The van der Waals surface area contributed by atoms with Crippen molar-refractivity contribution in [2.75, 3.05) is 11.4 Å². The molecule has 6 nitrogen and oxygen atoms in total. The minimum absolute atomic E-state index is 0.213. The van der Waals surface area contributed by atoms with Gasteiger partial charge in [-0.2, -0.15) is 5.10 Å². The molecular weight excluding hydrogens is 304 g/mol. The lowest BCUT2D eigenvalue weighted by Crippen LogP contribution is -2.31. The average molecular weight is 320 g/mol. The normalized spacial score (nSPS) is 13.3. The van der Waals surface area contributed by atoms with Crippen LogP contribution < -0.4 is 10.5 Å². The second-order valence-corrected chi connectivity index (χ2v) is 6.13. The Morgan fingerprint density at radius 1 is 1.21 bits per heavy atom. The third-order valence-electron chi connectivity index (χ3n) is 4.35. The minimum Gasteiger partial charge on any atom is -0.291 e. The van der Waals surface area contributed by atoms with Crippen molar-refractivity contribution in [3.05, 3.63) is 63.1 Å². The van der Waals surface area contributed by atoms with E-state index in [1.165, 1.54) is 17.7 Å². The Morgan fingerprint density at radius 3 is 2.79 bits per heavy atom. The molecule has 24 heavy (non-hydrogen) atoms. The molecule has 1 aliphatic heterocycles. The molecule has 0 radical (unpaired) electrons. The summed E-state index contributed by atoms with van der Waals surface area (Å²) < 4.78 is 0. The fourth-order valence-electron chi connectivity index (χ4n) is 3.22. The van der Waals surface area contributed by atoms with Gasteiger partial charge in [0.15, 0.2) is 0 Å². The van der Waals surface area contributed by atoms with Crippen molar-refractivity contribution in [1.29, 1.82) is 0 Å². The monoisotopic (exact) mass is 320 g/mol. The van der Waals surface area contributed by atoms with Gasteiger partial charge in [0.2, 0.25) is 0 Å². The number of aromatic nitrogens is 3. The van der Waals surface area contributed by atoms with Gasteiger partial charge in [-0.3, -0.25) is 14.5 Å². The number of H-pyrrole nitrogens is 1. The second-order valence-electron chi connectivity index (χ2n) is 6.13. The molecule has 1 aliphatic rings. The maximum atomic E-state index is 12.7. The lowest BCUT2D eigenvalue weighted by Gasteiger charge is -2.16. The maximum absolute atomic E-state index is 12.7. The van der Waals surface area contributed by atoms with E-state index >= 15 is 0 Å². The number of amides is 1. The predicted molar refractivity (Wildman–Crippen MR) is 91.5 cm³/mol. The molecule has 4 rings (SSSR count). The first-order valence-electron chi connectivity index (χ1n) is 7.81. The highest BCUT2D eigenvalue weighted by Crippen LogP contribution is 2.31. The number of hydrogen-bond acceptors (Lipinski definition) is 4. The van der Waals surface area contributed by atoms with Crippen molar-refractivity contribution >= 4 is 22.6 Å².